The van der Waals surface area contributed by atoms with Crippen molar-refractivity contribution in [2.24, 2.45) is 46.3 Å². The highest BCUT2D eigenvalue weighted by Gasteiger charge is 2.68. The minimum absolute atomic E-state index is 0.0150. The van der Waals surface area contributed by atoms with Crippen LogP contribution in [-0.2, 0) is 62.0 Å². The van der Waals surface area contributed by atoms with E-state index in [1.165, 1.54) is 27.7 Å². The number of carbonyl (C=O) groups excluding carboxylic acids is 7. The number of carbonyl (C=O) groups is 7. The third-order valence-corrected chi connectivity index (χ3v) is 18.9. The molecule has 4 aliphatic carbocycles. The molecule has 78 heavy (non-hydrogen) atoms. The molecule has 0 bridgehead atoms. The maximum absolute atomic E-state index is 14.2. The Morgan fingerprint density at radius 1 is 0.885 bits per heavy atom. The fourth-order valence-corrected chi connectivity index (χ4v) is 14.3. The number of hydrogen-bond acceptors (Lipinski definition) is 21. The number of aliphatic hydroxyl groups is 6. The molecule has 0 aromatic heterocycles. The van der Waals surface area contributed by atoms with Gasteiger partial charge in [0.05, 0.1) is 55.8 Å². The first-order chi connectivity index (χ1) is 36.2. The summed E-state index contributed by atoms with van der Waals surface area (Å²) in [5.74, 6) is -8.46. The lowest BCUT2D eigenvalue weighted by atomic mass is 9.46. The summed E-state index contributed by atoms with van der Waals surface area (Å²) in [6.45, 7) is 12.9. The average molecular weight is 1110 g/mol. The maximum Gasteiger partial charge on any atom is 0.316 e. The molecule has 2 saturated heterocycles. The number of nitrogens with zero attached hydrogens (tertiary/aromatic N) is 2. The lowest BCUT2D eigenvalue weighted by molar-refractivity contribution is -0.296. The summed E-state index contributed by atoms with van der Waals surface area (Å²) in [5.41, 5.74) is -6.33. The van der Waals surface area contributed by atoms with Crippen molar-refractivity contribution in [1.82, 2.24) is 9.80 Å². The van der Waals surface area contributed by atoms with Crippen LogP contribution in [0.25, 0.3) is 0 Å². The third kappa shape index (κ3) is 12.8. The van der Waals surface area contributed by atoms with Gasteiger partial charge in [0.25, 0.3) is 0 Å². The van der Waals surface area contributed by atoms with E-state index in [0.29, 0.717) is 25.7 Å². The van der Waals surface area contributed by atoms with E-state index in [4.69, 9.17) is 28.4 Å². The van der Waals surface area contributed by atoms with E-state index in [9.17, 15) is 64.2 Å². The van der Waals surface area contributed by atoms with Gasteiger partial charge in [0.15, 0.2) is 36.7 Å². The van der Waals surface area contributed by atoms with E-state index in [1.54, 1.807) is 52.0 Å². The van der Waals surface area contributed by atoms with Gasteiger partial charge >= 0.3 is 23.9 Å². The fourth-order valence-electron chi connectivity index (χ4n) is 14.3. The van der Waals surface area contributed by atoms with Gasteiger partial charge in [-0.05, 0) is 131 Å². The molecule has 21 nitrogen and oxygen atoms in total. The van der Waals surface area contributed by atoms with Crippen molar-refractivity contribution in [2.75, 3.05) is 47.5 Å². The number of likely N-dealkylation sites (N-methyl/N-ethyl adjacent to an activating group) is 2. The van der Waals surface area contributed by atoms with Crippen LogP contribution >= 0.6 is 0 Å². The number of hydrogen-bond donors (Lipinski definition) is 6. The minimum atomic E-state index is -2.13. The summed E-state index contributed by atoms with van der Waals surface area (Å²) < 4.78 is 34.9. The summed E-state index contributed by atoms with van der Waals surface area (Å²) in [5, 5.41) is 69.0. The van der Waals surface area contributed by atoms with Crippen LogP contribution in [0.3, 0.4) is 0 Å². The van der Waals surface area contributed by atoms with Crippen molar-refractivity contribution in [3.63, 3.8) is 0 Å². The summed E-state index contributed by atoms with van der Waals surface area (Å²) in [7, 11) is 5.24. The Morgan fingerprint density at radius 2 is 1.54 bits per heavy atom. The molecule has 0 spiro atoms. The van der Waals surface area contributed by atoms with E-state index < -0.39 is 169 Å². The van der Waals surface area contributed by atoms with Crippen molar-refractivity contribution in [3.05, 3.63) is 23.8 Å². The highest BCUT2D eigenvalue weighted by Crippen LogP contribution is 2.67. The minimum Gasteiger partial charge on any atom is -0.465 e. The monoisotopic (exact) mass is 1100 g/mol. The largest absolute Gasteiger partial charge is 0.465 e. The van der Waals surface area contributed by atoms with E-state index in [2.05, 4.69) is 0 Å². The Labute approximate surface area is 458 Å². The number of allylic oxidation sites excluding steroid dienone is 4. The van der Waals surface area contributed by atoms with Gasteiger partial charge in [-0.1, -0.05) is 39.3 Å². The van der Waals surface area contributed by atoms with E-state index in [0.717, 1.165) is 5.57 Å². The molecular formula is C57H88N2O19. The second-order valence-corrected chi connectivity index (χ2v) is 24.8. The van der Waals surface area contributed by atoms with Crippen LogP contribution in [-0.4, -0.2) is 201 Å². The van der Waals surface area contributed by atoms with Crippen molar-refractivity contribution >= 4 is 41.2 Å². The predicted molar refractivity (Wildman–Crippen MR) is 278 cm³/mol. The molecule has 20 atom stereocenters. The van der Waals surface area contributed by atoms with Crippen molar-refractivity contribution in [3.8, 4) is 0 Å². The third-order valence-electron chi connectivity index (χ3n) is 18.9. The van der Waals surface area contributed by atoms with Crippen LogP contribution in [0.4, 0.5) is 0 Å². The van der Waals surface area contributed by atoms with E-state index >= 15 is 0 Å². The van der Waals surface area contributed by atoms with Crippen molar-refractivity contribution < 1.29 is 92.6 Å². The Balaban J connectivity index is 1.05. The van der Waals surface area contributed by atoms with Crippen LogP contribution in [0.15, 0.2) is 23.8 Å². The molecule has 6 aliphatic rings. The number of aliphatic hydroxyl groups excluding tert-OH is 3. The van der Waals surface area contributed by atoms with Crippen LogP contribution in [0.1, 0.15) is 127 Å². The highest BCUT2D eigenvalue weighted by atomic mass is 16.7. The van der Waals surface area contributed by atoms with Crippen LogP contribution in [0.2, 0.25) is 0 Å². The molecule has 6 rings (SSSR count). The summed E-state index contributed by atoms with van der Waals surface area (Å²) >= 11 is 0. The molecule has 0 unspecified atom stereocenters. The molecule has 0 amide bonds. The fraction of sp³-hybridized carbons (Fsp3) is 0.807. The van der Waals surface area contributed by atoms with Gasteiger partial charge in [-0.3, -0.25) is 33.6 Å². The molecule has 0 aromatic rings. The number of ketones is 3. The number of rotatable bonds is 14. The van der Waals surface area contributed by atoms with E-state index in [-0.39, 0.29) is 55.3 Å². The summed E-state index contributed by atoms with van der Waals surface area (Å²) in [4.78, 5) is 96.6. The van der Waals surface area contributed by atoms with Gasteiger partial charge in [0.1, 0.15) is 29.8 Å². The molecule has 0 radical (unpaired) electrons. The van der Waals surface area contributed by atoms with Crippen molar-refractivity contribution in [1.29, 1.82) is 0 Å². The molecule has 21 heteroatoms. The number of Topliss-reactive ketones (excluding diaryl/α,β-unsaturated/α-hetero) is 2. The first-order valence-corrected chi connectivity index (χ1v) is 27.8. The summed E-state index contributed by atoms with van der Waals surface area (Å²) in [6, 6.07) is -1.26. The standard InChI is InChI=1S/C57H88N2O19/c1-30-25-55(8,70)50(32(3)47(67)33(4)51(69)76-42(28-60)56(9,71)49(68)34(5)59(12)27-30)78-52-48(39(58(10)11)23-31(2)75-52)77-45(66)19-22-73-43(64)15-16-44(65)74-29-41(63)57(72)21-18-38-37-14-13-35-24-36(61)17-20-53(35,6)46(37)40(62)26-54(38,57)7/h17,20,24,30-34,37-40,42,46,48-50,52,60,62,68,70-72H,13-16,18-19,21-23,25-29H2,1-12H3/t30-,31-,32+,33-,34-,37+,38+,39+,40+,42-,46-,48-,49-,50-,52+,53+,54+,55-,56-,57+/m1/s1. The number of cyclic esters (lactones) is 1. The van der Waals surface area contributed by atoms with Gasteiger partial charge < -0.3 is 68.9 Å². The SMILES string of the molecule is C[C@H]1CN(C)[C@H](C)[C@@H](O)[C@](C)(O)[C@@H](CO)OC(=O)[C@H](C)C(=O)[C@H](C)[C@@H](O[C@@H]2O[C@H](C)C[C@H](N(C)C)[C@H]2OC(=O)CCOC(=O)CCC(=O)OCC(=O)[C@@]2(O)CC[C@H]3[C@@H]4CCC5=CC(=O)C=C[C@]5(C)[C@H]4[C@@H](O)C[C@@]32C)[C@](C)(O)C1. The molecule has 6 N–H and O–H groups in total. The molecular weight excluding hydrogens is 1020 g/mol. The Morgan fingerprint density at radius 3 is 2.18 bits per heavy atom. The average Bonchev–Trinajstić information content (AvgIpc) is 3.68. The first-order valence-electron chi connectivity index (χ1n) is 27.8. The molecule has 440 valence electrons. The van der Waals surface area contributed by atoms with Gasteiger partial charge in [0.2, 0.25) is 5.78 Å². The zero-order valence-corrected chi connectivity index (χ0v) is 47.7. The topological polar surface area (TPSA) is 303 Å². The lowest BCUT2D eigenvalue weighted by Crippen LogP contribution is -2.61. The Bertz CT molecular complexity index is 2300. The van der Waals surface area contributed by atoms with Gasteiger partial charge in [-0.2, -0.15) is 0 Å². The van der Waals surface area contributed by atoms with Gasteiger partial charge in [0, 0.05) is 35.3 Å². The zero-order chi connectivity index (χ0) is 58.2. The quantitative estimate of drug-likeness (QED) is 0.0825. The lowest BCUT2D eigenvalue weighted by Gasteiger charge is -2.59. The van der Waals surface area contributed by atoms with Crippen molar-refractivity contribution in [2.45, 2.75) is 198 Å². The van der Waals surface area contributed by atoms with Crippen LogP contribution in [0, 0.1) is 46.3 Å². The smallest absolute Gasteiger partial charge is 0.316 e. The highest BCUT2D eigenvalue weighted by molar-refractivity contribution is 6.01. The molecule has 2 aliphatic heterocycles. The van der Waals surface area contributed by atoms with Gasteiger partial charge in [-0.15, -0.1) is 0 Å². The molecule has 2 heterocycles. The number of ether oxygens (including phenoxy) is 6. The maximum atomic E-state index is 14.2. The van der Waals surface area contributed by atoms with Gasteiger partial charge in [-0.25, -0.2) is 0 Å². The molecule has 0 aromatic carbocycles. The summed E-state index contributed by atoms with van der Waals surface area (Å²) in [6.07, 6.45) is -2.05. The Hall–Kier alpha value is -4.03. The normalized spacial score (nSPS) is 42.7. The van der Waals surface area contributed by atoms with Crippen LogP contribution in [0.5, 0.6) is 0 Å². The molecule has 5 fully saturated rings. The second-order valence-electron chi connectivity index (χ2n) is 24.8. The predicted octanol–water partition coefficient (Wildman–Crippen LogP) is 2.15. The number of esters is 4. The molecule has 3 saturated carbocycles. The first kappa shape index (κ1) is 63.2. The van der Waals surface area contributed by atoms with E-state index in [1.807, 2.05) is 31.7 Å². The zero-order valence-electron chi connectivity index (χ0n) is 47.7. The number of fused-ring (bicyclic) bond motifs is 5. The second kappa shape index (κ2) is 24.6. The van der Waals surface area contributed by atoms with Crippen LogP contribution < -0.4 is 0 Å². The Kier molecular flexibility index (Phi) is 19.9.